The number of nitrogens with zero attached hydrogens (tertiary/aromatic N) is 2. The lowest BCUT2D eigenvalue weighted by Gasteiger charge is -2.26. The van der Waals surface area contributed by atoms with E-state index in [-0.39, 0.29) is 12.1 Å². The molecule has 4 nitrogen and oxygen atoms in total. The molecule has 5 rings (SSSR count). The van der Waals surface area contributed by atoms with Crippen LogP contribution < -0.4 is 10.2 Å². The second kappa shape index (κ2) is 8.65. The first kappa shape index (κ1) is 21.7. The summed E-state index contributed by atoms with van der Waals surface area (Å²) in [5.74, 6) is 1.59. The lowest BCUT2D eigenvalue weighted by molar-refractivity contribution is 0.439. The SMILES string of the molecule is Cc1ccc(N2C(=S)N[C@H](c3ccccn3)[C@@H]2c2ccc(-c3cc(Cl)ccc3C)o2)cc1C. The number of hydrogen-bond acceptors (Lipinski definition) is 3. The standard InChI is InChI=1S/C27H24ClN3OS/c1-16-8-10-20(14-18(16)3)31-26(25(30-27(31)33)22-6-4-5-13-29-22)24-12-11-23(32-24)21-15-19(28)9-7-17(21)2/h4-15,25-26H,1-3H3,(H,30,33)/t25-,26+/m1/s1. The normalized spacial score (nSPS) is 17.9. The van der Waals surface area contributed by atoms with Crippen LogP contribution in [0.3, 0.4) is 0 Å². The number of rotatable bonds is 4. The van der Waals surface area contributed by atoms with Gasteiger partial charge in [0.15, 0.2) is 5.11 Å². The maximum absolute atomic E-state index is 6.47. The average molecular weight is 474 g/mol. The number of aryl methyl sites for hydroxylation is 3. The molecule has 0 unspecified atom stereocenters. The first-order chi connectivity index (χ1) is 15.9. The Kier molecular flexibility index (Phi) is 5.69. The van der Waals surface area contributed by atoms with Crippen molar-refractivity contribution in [1.82, 2.24) is 10.3 Å². The fourth-order valence-electron chi connectivity index (χ4n) is 4.31. The van der Waals surface area contributed by atoms with Gasteiger partial charge >= 0.3 is 0 Å². The summed E-state index contributed by atoms with van der Waals surface area (Å²) in [6.07, 6.45) is 1.80. The smallest absolute Gasteiger partial charge is 0.174 e. The Balaban J connectivity index is 1.62. The van der Waals surface area contributed by atoms with Crippen LogP contribution in [0.4, 0.5) is 5.69 Å². The first-order valence-corrected chi connectivity index (χ1v) is 11.6. The molecular weight excluding hydrogens is 450 g/mol. The molecule has 2 atom stereocenters. The van der Waals surface area contributed by atoms with Crippen LogP contribution in [0.15, 0.2) is 77.3 Å². The highest BCUT2D eigenvalue weighted by Gasteiger charge is 2.42. The molecule has 1 N–H and O–H groups in total. The molecule has 3 heterocycles. The summed E-state index contributed by atoms with van der Waals surface area (Å²) in [6, 6.07) is 21.8. The number of anilines is 1. The van der Waals surface area contributed by atoms with E-state index in [0.29, 0.717) is 10.1 Å². The highest BCUT2D eigenvalue weighted by atomic mass is 35.5. The molecule has 0 amide bonds. The van der Waals surface area contributed by atoms with Crippen molar-refractivity contribution in [2.24, 2.45) is 0 Å². The molecule has 33 heavy (non-hydrogen) atoms. The van der Waals surface area contributed by atoms with E-state index in [1.165, 1.54) is 11.1 Å². The van der Waals surface area contributed by atoms with E-state index in [1.807, 2.05) is 48.5 Å². The number of halogens is 1. The third-order valence-corrected chi connectivity index (χ3v) is 6.80. The van der Waals surface area contributed by atoms with E-state index in [4.69, 9.17) is 28.2 Å². The van der Waals surface area contributed by atoms with E-state index in [1.54, 1.807) is 6.20 Å². The van der Waals surface area contributed by atoms with E-state index in [0.717, 1.165) is 34.0 Å². The molecule has 1 fully saturated rings. The number of thiocarbonyl (C=S) groups is 1. The van der Waals surface area contributed by atoms with Gasteiger partial charge in [0, 0.05) is 22.5 Å². The van der Waals surface area contributed by atoms with Crippen molar-refractivity contribution in [3.63, 3.8) is 0 Å². The van der Waals surface area contributed by atoms with Crippen LogP contribution in [-0.2, 0) is 0 Å². The molecule has 0 saturated carbocycles. The van der Waals surface area contributed by atoms with Crippen molar-refractivity contribution < 1.29 is 4.42 Å². The Hall–Kier alpha value is -3.15. The fourth-order valence-corrected chi connectivity index (χ4v) is 4.83. The Morgan fingerprint density at radius 1 is 0.939 bits per heavy atom. The topological polar surface area (TPSA) is 41.3 Å². The van der Waals surface area contributed by atoms with Crippen LogP contribution in [0, 0.1) is 20.8 Å². The molecule has 1 aliphatic rings. The van der Waals surface area contributed by atoms with Gasteiger partial charge < -0.3 is 14.6 Å². The van der Waals surface area contributed by atoms with Crippen molar-refractivity contribution in [2.45, 2.75) is 32.9 Å². The monoisotopic (exact) mass is 473 g/mol. The summed E-state index contributed by atoms with van der Waals surface area (Å²) < 4.78 is 6.47. The zero-order chi connectivity index (χ0) is 23.1. The van der Waals surface area contributed by atoms with Gasteiger partial charge in [-0.05, 0) is 98.2 Å². The molecule has 2 aromatic carbocycles. The van der Waals surface area contributed by atoms with Crippen LogP contribution in [0.2, 0.25) is 5.02 Å². The summed E-state index contributed by atoms with van der Waals surface area (Å²) in [7, 11) is 0. The van der Waals surface area contributed by atoms with Crippen molar-refractivity contribution in [2.75, 3.05) is 4.90 Å². The highest BCUT2D eigenvalue weighted by Crippen LogP contribution is 2.43. The Labute approximate surface area is 204 Å². The Bertz CT molecular complexity index is 1330. The molecular formula is C27H24ClN3OS. The molecule has 166 valence electrons. The third-order valence-electron chi connectivity index (χ3n) is 6.25. The summed E-state index contributed by atoms with van der Waals surface area (Å²) in [4.78, 5) is 6.75. The van der Waals surface area contributed by atoms with Gasteiger partial charge in [-0.1, -0.05) is 29.8 Å². The second-order valence-corrected chi connectivity index (χ2v) is 9.25. The van der Waals surface area contributed by atoms with Crippen LogP contribution in [-0.4, -0.2) is 10.1 Å². The maximum atomic E-state index is 6.47. The van der Waals surface area contributed by atoms with Gasteiger partial charge in [-0.25, -0.2) is 0 Å². The van der Waals surface area contributed by atoms with Gasteiger partial charge in [0.2, 0.25) is 0 Å². The predicted molar refractivity (Wildman–Crippen MR) is 138 cm³/mol. The van der Waals surface area contributed by atoms with Crippen molar-refractivity contribution in [3.05, 3.63) is 106 Å². The predicted octanol–water partition coefficient (Wildman–Crippen LogP) is 7.10. The molecule has 0 bridgehead atoms. The Morgan fingerprint density at radius 3 is 2.52 bits per heavy atom. The average Bonchev–Trinajstić information content (AvgIpc) is 3.42. The summed E-state index contributed by atoms with van der Waals surface area (Å²) >= 11 is 12.1. The molecule has 1 saturated heterocycles. The molecule has 0 radical (unpaired) electrons. The number of pyridine rings is 1. The summed E-state index contributed by atoms with van der Waals surface area (Å²) in [6.45, 7) is 6.28. The highest BCUT2D eigenvalue weighted by molar-refractivity contribution is 7.80. The van der Waals surface area contributed by atoms with Crippen molar-refractivity contribution in [1.29, 1.82) is 0 Å². The van der Waals surface area contributed by atoms with Crippen LogP contribution in [0.25, 0.3) is 11.3 Å². The van der Waals surface area contributed by atoms with Crippen LogP contribution in [0.1, 0.15) is 40.2 Å². The van der Waals surface area contributed by atoms with E-state index >= 15 is 0 Å². The van der Waals surface area contributed by atoms with Crippen LogP contribution >= 0.6 is 23.8 Å². The molecule has 1 aliphatic heterocycles. The van der Waals surface area contributed by atoms with Gasteiger partial charge in [-0.15, -0.1) is 0 Å². The minimum absolute atomic E-state index is 0.153. The van der Waals surface area contributed by atoms with E-state index < -0.39 is 0 Å². The molecule has 6 heteroatoms. The fraction of sp³-hybridized carbons (Fsp3) is 0.185. The van der Waals surface area contributed by atoms with Gasteiger partial charge in [-0.2, -0.15) is 0 Å². The lowest BCUT2D eigenvalue weighted by atomic mass is 10.0. The minimum atomic E-state index is -0.192. The molecule has 0 spiro atoms. The molecule has 2 aromatic heterocycles. The van der Waals surface area contributed by atoms with Crippen molar-refractivity contribution >= 4 is 34.6 Å². The first-order valence-electron chi connectivity index (χ1n) is 10.9. The number of benzene rings is 2. The molecule has 0 aliphatic carbocycles. The lowest BCUT2D eigenvalue weighted by Crippen LogP contribution is -2.29. The zero-order valence-electron chi connectivity index (χ0n) is 18.7. The number of hydrogen-bond donors (Lipinski definition) is 1. The van der Waals surface area contributed by atoms with E-state index in [2.05, 4.69) is 54.2 Å². The van der Waals surface area contributed by atoms with E-state index in [9.17, 15) is 0 Å². The Morgan fingerprint density at radius 2 is 1.76 bits per heavy atom. The number of furan rings is 1. The zero-order valence-corrected chi connectivity index (χ0v) is 20.2. The summed E-state index contributed by atoms with van der Waals surface area (Å²) in [5.41, 5.74) is 6.47. The third kappa shape index (κ3) is 4.03. The minimum Gasteiger partial charge on any atom is -0.459 e. The van der Waals surface area contributed by atoms with Crippen molar-refractivity contribution in [3.8, 4) is 11.3 Å². The second-order valence-electron chi connectivity index (χ2n) is 8.43. The maximum Gasteiger partial charge on any atom is 0.174 e. The van der Waals surface area contributed by atoms with Gasteiger partial charge in [0.05, 0.1) is 11.7 Å². The van der Waals surface area contributed by atoms with Crippen LogP contribution in [0.5, 0.6) is 0 Å². The van der Waals surface area contributed by atoms with Gasteiger partial charge in [0.1, 0.15) is 17.6 Å². The quantitative estimate of drug-likeness (QED) is 0.320. The molecule has 4 aromatic rings. The number of nitrogens with one attached hydrogen (secondary N) is 1. The number of aromatic nitrogens is 1. The summed E-state index contributed by atoms with van der Waals surface area (Å²) in [5, 5.41) is 4.81. The van der Waals surface area contributed by atoms with Gasteiger partial charge in [0.25, 0.3) is 0 Å². The largest absolute Gasteiger partial charge is 0.459 e. The van der Waals surface area contributed by atoms with Gasteiger partial charge in [-0.3, -0.25) is 4.98 Å².